The van der Waals surface area contributed by atoms with Crippen LogP contribution in [0.2, 0.25) is 0 Å². The Kier molecular flexibility index (Phi) is 20.2. The van der Waals surface area contributed by atoms with Gasteiger partial charge < -0.3 is 24.8 Å². The number of nitrogens with one attached hydrogen (secondary N) is 2. The Hall–Kier alpha value is -3.07. The molecule has 24 heteroatoms. The first-order valence-electron chi connectivity index (χ1n) is 19.9. The molecule has 0 aromatic heterocycles. The van der Waals surface area contributed by atoms with Gasteiger partial charge in [0.15, 0.2) is 12.2 Å². The number of hydrogen-bond donors (Lipinski definition) is 2. The molecule has 2 N–H and O–H groups in total. The molecule has 2 amide bonds. The number of ether oxygens (including phenoxy) is 3. The highest BCUT2D eigenvalue weighted by molar-refractivity contribution is 7.90. The third kappa shape index (κ3) is 18.6. The maximum atomic E-state index is 13.9. The topological polar surface area (TPSA) is 278 Å². The summed E-state index contributed by atoms with van der Waals surface area (Å²) in [5.41, 5.74) is -4.17. The van der Waals surface area contributed by atoms with E-state index in [1.165, 1.54) is 13.8 Å². The van der Waals surface area contributed by atoms with Gasteiger partial charge in [-0.1, -0.05) is 19.4 Å². The van der Waals surface area contributed by atoms with Gasteiger partial charge in [0, 0.05) is 49.4 Å². The Morgan fingerprint density at radius 1 is 0.726 bits per heavy atom. The molecular formula is C38H64N2O19P2S. The predicted molar refractivity (Wildman–Crippen MR) is 220 cm³/mol. The second-order valence-electron chi connectivity index (χ2n) is 18.0. The van der Waals surface area contributed by atoms with Crippen molar-refractivity contribution >= 4 is 61.0 Å². The third-order valence-corrected chi connectivity index (χ3v) is 12.9. The molecule has 2 heterocycles. The minimum absolute atomic E-state index is 0.0602. The Labute approximate surface area is 363 Å². The first-order valence-corrected chi connectivity index (χ1v) is 24.8. The number of esters is 3. The highest BCUT2D eigenvalue weighted by Gasteiger charge is 2.59. The van der Waals surface area contributed by atoms with Crippen LogP contribution in [0, 0.1) is 21.7 Å². The van der Waals surface area contributed by atoms with E-state index in [1.54, 1.807) is 48.5 Å². The molecule has 0 saturated carbocycles. The van der Waals surface area contributed by atoms with Crippen LogP contribution in [-0.4, -0.2) is 115 Å². The van der Waals surface area contributed by atoms with Crippen molar-refractivity contribution in [1.29, 1.82) is 0 Å². The van der Waals surface area contributed by atoms with Gasteiger partial charge >= 0.3 is 33.6 Å². The van der Waals surface area contributed by atoms with E-state index in [2.05, 4.69) is 17.2 Å². The molecule has 0 spiro atoms. The second kappa shape index (κ2) is 22.7. The van der Waals surface area contributed by atoms with Crippen LogP contribution in [0.15, 0.2) is 12.2 Å². The minimum Gasteiger partial charge on any atom is -0.465 e. The Morgan fingerprint density at radius 2 is 1.16 bits per heavy atom. The van der Waals surface area contributed by atoms with Gasteiger partial charge in [0.25, 0.3) is 0 Å². The molecule has 0 aromatic carbocycles. The Bertz CT molecular complexity index is 1860. The number of Topliss-reactive ketones (excluding diaryl/α,β-unsaturated/α-hetero) is 1. The number of rotatable bonds is 23. The number of carbonyl (C=O) groups is 6. The zero-order valence-electron chi connectivity index (χ0n) is 37.3. The summed E-state index contributed by atoms with van der Waals surface area (Å²) < 4.78 is 98.9. The molecule has 356 valence electrons. The van der Waals surface area contributed by atoms with Crippen molar-refractivity contribution in [2.45, 2.75) is 113 Å². The van der Waals surface area contributed by atoms with E-state index in [9.17, 15) is 46.3 Å². The smallest absolute Gasteiger partial charge is 0.465 e. The average molecular weight is 947 g/mol. The van der Waals surface area contributed by atoms with E-state index in [0.29, 0.717) is 6.42 Å². The number of ketones is 1. The monoisotopic (exact) mass is 946 g/mol. The molecule has 3 unspecified atom stereocenters. The highest BCUT2D eigenvalue weighted by Crippen LogP contribution is 2.62. The van der Waals surface area contributed by atoms with E-state index in [4.69, 9.17) is 41.4 Å². The van der Waals surface area contributed by atoms with Gasteiger partial charge in [0.1, 0.15) is 15.6 Å². The Balaban J connectivity index is 2.40. The highest BCUT2D eigenvalue weighted by atomic mass is 32.2. The molecule has 2 rings (SSSR count). The van der Waals surface area contributed by atoms with Crippen LogP contribution in [0.1, 0.15) is 101 Å². The van der Waals surface area contributed by atoms with Crippen molar-refractivity contribution in [3.05, 3.63) is 12.2 Å². The molecule has 21 nitrogen and oxygen atoms in total. The lowest BCUT2D eigenvalue weighted by Gasteiger charge is -2.49. The van der Waals surface area contributed by atoms with Crippen molar-refractivity contribution in [1.82, 2.24) is 10.6 Å². The van der Waals surface area contributed by atoms with E-state index in [-0.39, 0.29) is 63.3 Å². The molecule has 6 atom stereocenters. The lowest BCUT2D eigenvalue weighted by Crippen LogP contribution is -2.58. The van der Waals surface area contributed by atoms with Crippen LogP contribution in [0.25, 0.3) is 0 Å². The molecular weight excluding hydrogens is 882 g/mol. The van der Waals surface area contributed by atoms with Crippen LogP contribution >= 0.6 is 15.6 Å². The zero-order valence-corrected chi connectivity index (χ0v) is 39.9. The van der Waals surface area contributed by atoms with E-state index < -0.39 is 116 Å². The molecule has 0 radical (unpaired) electrons. The average Bonchev–Trinajstić information content (AvgIpc) is 3.12. The lowest BCUT2D eigenvalue weighted by atomic mass is 9.67. The molecule has 0 bridgehead atoms. The van der Waals surface area contributed by atoms with Crippen molar-refractivity contribution in [3.63, 3.8) is 0 Å². The number of amides is 2. The largest absolute Gasteiger partial charge is 0.478 e. The minimum atomic E-state index is -4.65. The van der Waals surface area contributed by atoms with Gasteiger partial charge in [-0.3, -0.25) is 46.9 Å². The SMILES string of the molecule is C=C(C)CCOC(=O)CCNC(=O)[C@@H]1OP(=O)(OCOC(=O)C(C)(C)C)OCC1(C)CC1(C)CO[P@](=O)(OCOC(=O)C(C)(C)C)O[C@H]1C(=O)NCCC(=O)CCCS(C)(=O)=O. The third-order valence-electron chi connectivity index (χ3n) is 9.24. The fourth-order valence-electron chi connectivity index (χ4n) is 5.84. The van der Waals surface area contributed by atoms with Crippen molar-refractivity contribution in [3.8, 4) is 0 Å². The van der Waals surface area contributed by atoms with Crippen LogP contribution < -0.4 is 10.6 Å². The maximum absolute atomic E-state index is 13.9. The molecule has 62 heavy (non-hydrogen) atoms. The van der Waals surface area contributed by atoms with Gasteiger partial charge in [-0.05, 0) is 61.3 Å². The first kappa shape index (κ1) is 55.1. The van der Waals surface area contributed by atoms with Crippen LogP contribution in [0.3, 0.4) is 0 Å². The summed E-state index contributed by atoms with van der Waals surface area (Å²) in [7, 11) is -12.6. The molecule has 0 aliphatic carbocycles. The zero-order chi connectivity index (χ0) is 47.4. The summed E-state index contributed by atoms with van der Waals surface area (Å²) in [5, 5.41) is 5.12. The lowest BCUT2D eigenvalue weighted by molar-refractivity contribution is -0.171. The normalized spacial score (nSPS) is 26.7. The fraction of sp³-hybridized carbons (Fsp3) is 0.789. The van der Waals surface area contributed by atoms with Gasteiger partial charge in [0.05, 0.1) is 42.8 Å². The van der Waals surface area contributed by atoms with Gasteiger partial charge in [-0.2, -0.15) is 0 Å². The molecule has 2 aliphatic rings. The molecule has 0 aromatic rings. The number of hydrogen-bond acceptors (Lipinski definition) is 19. The summed E-state index contributed by atoms with van der Waals surface area (Å²) in [6.07, 6.45) is -2.62. The van der Waals surface area contributed by atoms with Gasteiger partial charge in [-0.25, -0.2) is 26.6 Å². The Morgan fingerprint density at radius 3 is 1.56 bits per heavy atom. The molecule has 2 saturated heterocycles. The van der Waals surface area contributed by atoms with Crippen molar-refractivity contribution in [2.24, 2.45) is 21.7 Å². The quantitative estimate of drug-likeness (QED) is 0.0470. The van der Waals surface area contributed by atoms with E-state index in [0.717, 1.165) is 11.8 Å². The number of carbonyl (C=O) groups excluding carboxylic acids is 6. The second-order valence-corrected chi connectivity index (χ2v) is 23.5. The van der Waals surface area contributed by atoms with Crippen LogP contribution in [0.5, 0.6) is 0 Å². The standard InChI is InChI=1S/C38H64N2O19P2S/c1-26(2)16-19-51-28(42)15-18-40-32(44)30-38(10,23-55-61(48,59-30)57-25-53-34(46)36(6,7)8)21-37(9)22-54-60(47,56-24-52-33(45)35(3,4)5)58-29(37)31(43)39-17-14-27(41)13-12-20-62(11,49)50/h29-30H,1,12-25H2,2-11H3,(H,39,43)(H,40,44)/t29-,30-,37?,38?,60+,61?/m0/s1. The van der Waals surface area contributed by atoms with Gasteiger partial charge in [-0.15, -0.1) is 6.58 Å². The van der Waals surface area contributed by atoms with Gasteiger partial charge in [0.2, 0.25) is 25.4 Å². The van der Waals surface area contributed by atoms with E-state index >= 15 is 0 Å². The fourth-order valence-corrected chi connectivity index (χ4v) is 9.39. The first-order chi connectivity index (χ1) is 28.3. The predicted octanol–water partition coefficient (Wildman–Crippen LogP) is 4.48. The summed E-state index contributed by atoms with van der Waals surface area (Å²) in [6, 6.07) is 0. The number of phosphoric acid groups is 2. The number of phosphoric ester groups is 2. The number of sulfone groups is 1. The molecule has 2 fully saturated rings. The van der Waals surface area contributed by atoms with Crippen LogP contribution in [-0.2, 0) is 89.1 Å². The summed E-state index contributed by atoms with van der Waals surface area (Å²) in [5.74, 6) is -4.33. The summed E-state index contributed by atoms with van der Waals surface area (Å²) in [4.78, 5) is 77.3. The molecule has 2 aliphatic heterocycles. The summed E-state index contributed by atoms with van der Waals surface area (Å²) >= 11 is 0. The van der Waals surface area contributed by atoms with Crippen molar-refractivity contribution in [2.75, 3.05) is 58.5 Å². The van der Waals surface area contributed by atoms with Crippen LogP contribution in [0.4, 0.5) is 0 Å². The maximum Gasteiger partial charge on any atom is 0.478 e. The van der Waals surface area contributed by atoms with E-state index in [1.807, 2.05) is 0 Å². The summed E-state index contributed by atoms with van der Waals surface area (Å²) in [6.45, 7) is 14.8. The van der Waals surface area contributed by atoms with Crippen molar-refractivity contribution < 1.29 is 87.7 Å².